The molecule has 1 amide bonds. The van der Waals surface area contributed by atoms with Gasteiger partial charge in [-0.05, 0) is 60.0 Å². The molecule has 0 saturated carbocycles. The number of rotatable bonds is 7. The van der Waals surface area contributed by atoms with E-state index in [-0.39, 0.29) is 28.6 Å². The summed E-state index contributed by atoms with van der Waals surface area (Å²) in [7, 11) is 0. The van der Waals surface area contributed by atoms with Gasteiger partial charge in [-0.3, -0.25) is 9.78 Å². The van der Waals surface area contributed by atoms with Crippen LogP contribution < -0.4 is 11.1 Å². The lowest BCUT2D eigenvalue weighted by Gasteiger charge is -2.16. The van der Waals surface area contributed by atoms with Crippen LogP contribution in [0.5, 0.6) is 0 Å². The third kappa shape index (κ3) is 5.30. The number of fused-ring (bicyclic) bond motifs is 1. The molecule has 1 heterocycles. The summed E-state index contributed by atoms with van der Waals surface area (Å²) in [6.07, 6.45) is 1.42. The predicted octanol–water partition coefficient (Wildman–Crippen LogP) is 4.89. The second-order valence-electron chi connectivity index (χ2n) is 7.16. The Morgan fingerprint density at radius 1 is 1.12 bits per heavy atom. The quantitative estimate of drug-likeness (QED) is 0.379. The van der Waals surface area contributed by atoms with Crippen LogP contribution in [0.4, 0.5) is 5.69 Å². The van der Waals surface area contributed by atoms with Crippen molar-refractivity contribution in [2.24, 2.45) is 5.73 Å². The summed E-state index contributed by atoms with van der Waals surface area (Å²) in [4.78, 5) is 30.2. The minimum absolute atomic E-state index is 0.0123. The van der Waals surface area contributed by atoms with Crippen molar-refractivity contribution in [3.8, 4) is 0 Å². The second-order valence-corrected chi connectivity index (χ2v) is 7.16. The molecule has 0 aliphatic rings. The average Bonchev–Trinajstić information content (AvgIpc) is 2.94. The van der Waals surface area contributed by atoms with Gasteiger partial charge < -0.3 is 15.8 Å². The molecule has 0 radical (unpaired) electrons. The molecule has 0 fully saturated rings. The van der Waals surface area contributed by atoms with E-state index in [4.69, 9.17) is 26.9 Å². The number of aromatic nitrogens is 1. The molecule has 1 atom stereocenters. The van der Waals surface area contributed by atoms with Crippen molar-refractivity contribution in [1.29, 1.82) is 0 Å². The van der Waals surface area contributed by atoms with Crippen LogP contribution in [0.1, 0.15) is 55.0 Å². The molecule has 3 N–H and O–H groups in total. The summed E-state index contributed by atoms with van der Waals surface area (Å²) in [6.45, 7) is -11.4. The lowest BCUT2D eigenvalue weighted by Crippen LogP contribution is -2.27. The van der Waals surface area contributed by atoms with Gasteiger partial charge in [0.15, 0.2) is 0 Å². The number of hydrogen-bond donors (Lipinski definition) is 2. The van der Waals surface area contributed by atoms with Crippen LogP contribution in [0.2, 0.25) is 0 Å². The molecular weight excluding hydrogens is 426 g/mol. The monoisotopic (exact) mass is 465 g/mol. The van der Waals surface area contributed by atoms with E-state index in [0.29, 0.717) is 10.8 Å². The smallest absolute Gasteiger partial charge is 0.338 e. The van der Waals surface area contributed by atoms with E-state index in [1.54, 1.807) is 6.07 Å². The van der Waals surface area contributed by atoms with E-state index < -0.39 is 55.7 Å². The molecule has 0 saturated heterocycles. The fourth-order valence-electron chi connectivity index (χ4n) is 3.17. The maximum Gasteiger partial charge on any atom is 0.338 e. The topological polar surface area (TPSA) is 94.3 Å². The number of benzene rings is 3. The number of pyridine rings is 1. The van der Waals surface area contributed by atoms with Crippen molar-refractivity contribution in [3.05, 3.63) is 107 Å². The molecule has 6 nitrogen and oxygen atoms in total. The third-order valence-corrected chi connectivity index (χ3v) is 4.87. The van der Waals surface area contributed by atoms with Gasteiger partial charge in [-0.25, -0.2) is 4.79 Å². The average molecular weight is 466 g/mol. The van der Waals surface area contributed by atoms with Crippen LogP contribution in [0.3, 0.4) is 0 Å². The molecule has 172 valence electrons. The van der Waals surface area contributed by atoms with E-state index in [2.05, 4.69) is 10.3 Å². The molecule has 0 aliphatic heterocycles. The molecule has 6 heteroatoms. The predicted molar refractivity (Wildman–Crippen MR) is 134 cm³/mol. The highest BCUT2D eigenvalue weighted by Crippen LogP contribution is 2.22. The van der Waals surface area contributed by atoms with Crippen LogP contribution in [0.25, 0.3) is 10.8 Å². The first-order valence-corrected chi connectivity index (χ1v) is 10.0. The highest BCUT2D eigenvalue weighted by molar-refractivity contribution is 5.98. The number of ether oxygens (including phenoxy) is 1. The van der Waals surface area contributed by atoms with Gasteiger partial charge >= 0.3 is 5.97 Å². The Morgan fingerprint density at radius 3 is 2.74 bits per heavy atom. The van der Waals surface area contributed by atoms with Gasteiger partial charge in [-0.1, -0.05) is 48.0 Å². The first kappa shape index (κ1) is 12.4. The first-order chi connectivity index (χ1) is 21.1. The van der Waals surface area contributed by atoms with Crippen molar-refractivity contribution >= 4 is 28.3 Å². The molecule has 3 aromatic carbocycles. The van der Waals surface area contributed by atoms with Crippen molar-refractivity contribution in [2.45, 2.75) is 26.2 Å². The van der Waals surface area contributed by atoms with Crippen LogP contribution >= 0.6 is 0 Å². The van der Waals surface area contributed by atoms with Crippen LogP contribution in [-0.2, 0) is 16.1 Å². The van der Waals surface area contributed by atoms with E-state index >= 15 is 0 Å². The van der Waals surface area contributed by atoms with E-state index in [9.17, 15) is 9.59 Å². The molecule has 0 aliphatic carbocycles. The van der Waals surface area contributed by atoms with Crippen molar-refractivity contribution in [1.82, 2.24) is 4.98 Å². The maximum absolute atomic E-state index is 13.4. The van der Waals surface area contributed by atoms with E-state index in [1.807, 2.05) is 0 Å². The zero-order valence-corrected chi connectivity index (χ0v) is 17.7. The van der Waals surface area contributed by atoms with Crippen LogP contribution in [0, 0.1) is 13.7 Å². The van der Waals surface area contributed by atoms with Gasteiger partial charge in [0, 0.05) is 42.3 Å². The van der Waals surface area contributed by atoms with Crippen molar-refractivity contribution in [2.75, 3.05) is 11.8 Å². The van der Waals surface area contributed by atoms with Gasteiger partial charge in [-0.2, -0.15) is 0 Å². The van der Waals surface area contributed by atoms with Gasteiger partial charge in [0.1, 0.15) is 6.56 Å². The lowest BCUT2D eigenvalue weighted by molar-refractivity contribution is -0.117. The molecule has 34 heavy (non-hydrogen) atoms. The SMILES string of the molecule is [2H]c1nccc2cc(NC(=O)[C@@]([2H])(c3ccc(C([2H])([2H])OC(=O)c4ccc(C([2H])([2H])[2H])cc4C([2H])([2H])[2H])cc3)C([2H])([2H])N)ccc12. The number of amides is 1. The summed E-state index contributed by atoms with van der Waals surface area (Å²) in [5.74, 6) is -5.31. The third-order valence-electron chi connectivity index (χ3n) is 4.87. The minimum Gasteiger partial charge on any atom is -0.457 e. The molecule has 4 rings (SSSR count). The maximum atomic E-state index is 13.4. The van der Waals surface area contributed by atoms with Gasteiger partial charge in [-0.15, -0.1) is 0 Å². The van der Waals surface area contributed by atoms with E-state index in [1.165, 1.54) is 24.4 Å². The summed E-state index contributed by atoms with van der Waals surface area (Å²) in [5, 5.41) is 3.53. The Morgan fingerprint density at radius 2 is 1.97 bits per heavy atom. The highest BCUT2D eigenvalue weighted by Gasteiger charge is 2.19. The molecule has 0 spiro atoms. The lowest BCUT2D eigenvalue weighted by atomic mass is 9.97. The molecule has 4 aromatic rings. The van der Waals surface area contributed by atoms with Gasteiger partial charge in [0.05, 0.1) is 15.6 Å². The summed E-state index contributed by atoms with van der Waals surface area (Å²) < 4.78 is 100. The Labute approximate surface area is 215 Å². The molecule has 1 aromatic heterocycles. The molecule has 0 unspecified atom stereocenters. The summed E-state index contributed by atoms with van der Waals surface area (Å²) in [6, 6.07) is 13.1. The largest absolute Gasteiger partial charge is 0.457 e. The summed E-state index contributed by atoms with van der Waals surface area (Å²) in [5.41, 5.74) is 3.73. The second kappa shape index (κ2) is 10.3. The number of nitrogens with zero attached hydrogens (tertiary/aromatic N) is 1. The highest BCUT2D eigenvalue weighted by atomic mass is 16.5. The standard InChI is InChI=1S/C28H27N3O3/c1-18-3-10-25(19(2)13-18)28(33)34-17-20-4-6-21(7-5-20)26(15-29)27(32)31-24-9-8-23-16-30-12-11-22(23)14-24/h3-14,16,26H,15,17,29H2,1-2H3,(H,31,32)/t26-/m1/s1/i1D3,2D3,15D2,16D,17D2,26D. The number of aryl methyl sites for hydroxylation is 2. The number of hydrogen-bond acceptors (Lipinski definition) is 5. The molecule has 0 bridgehead atoms. The Hall–Kier alpha value is -4.03. The van der Waals surface area contributed by atoms with Gasteiger partial charge in [0.25, 0.3) is 0 Å². The fourth-order valence-corrected chi connectivity index (χ4v) is 3.17. The number of carbonyl (C=O) groups is 2. The van der Waals surface area contributed by atoms with Crippen molar-refractivity contribution in [3.63, 3.8) is 0 Å². The summed E-state index contributed by atoms with van der Waals surface area (Å²) >= 11 is 0. The zero-order valence-electron chi connectivity index (χ0n) is 29.7. The number of anilines is 1. The van der Waals surface area contributed by atoms with Crippen molar-refractivity contribution < 1.29 is 30.8 Å². The Kier molecular flexibility index (Phi) is 3.76. The normalized spacial score (nSPS) is 19.4. The Balaban J connectivity index is 1.62. The van der Waals surface area contributed by atoms with Crippen LogP contribution in [0.15, 0.2) is 79.1 Å². The minimum atomic E-state index is -2.95. The Bertz CT molecular complexity index is 1800. The fraction of sp³-hybridized carbons (Fsp3) is 0.179. The van der Waals surface area contributed by atoms with E-state index in [0.717, 1.165) is 42.5 Å². The number of carbonyl (C=O) groups excluding carboxylic acids is 2. The zero-order chi connectivity index (χ0) is 34.5. The number of nitrogens with one attached hydrogen (secondary N) is 1. The molecular formula is C28H27N3O3. The first-order valence-electron chi connectivity index (χ1n) is 16.0. The van der Waals surface area contributed by atoms with Gasteiger partial charge in [0.2, 0.25) is 5.91 Å². The van der Waals surface area contributed by atoms with Crippen LogP contribution in [-0.4, -0.2) is 23.4 Å². The number of nitrogens with two attached hydrogens (primary N) is 1. The number of esters is 1.